The molecule has 0 unspecified atom stereocenters. The van der Waals surface area contributed by atoms with Crippen LogP contribution >= 0.6 is 11.3 Å². The monoisotopic (exact) mass is 238 g/mol. The fraction of sp³-hybridized carbons (Fsp3) is 0.455. The number of hydrogen-bond acceptors (Lipinski definition) is 5. The molecule has 5 heteroatoms. The van der Waals surface area contributed by atoms with Crippen LogP contribution in [0.3, 0.4) is 0 Å². The van der Waals surface area contributed by atoms with Crippen LogP contribution in [0.5, 0.6) is 0 Å². The Bertz CT molecular complexity index is 421. The Morgan fingerprint density at radius 2 is 2.50 bits per heavy atom. The van der Waals surface area contributed by atoms with E-state index in [2.05, 4.69) is 4.98 Å². The lowest BCUT2D eigenvalue weighted by Gasteiger charge is -1.99. The van der Waals surface area contributed by atoms with Gasteiger partial charge in [-0.05, 0) is 25.8 Å². The van der Waals surface area contributed by atoms with Gasteiger partial charge < -0.3 is 10.5 Å². The summed E-state index contributed by atoms with van der Waals surface area (Å²) in [5.74, 6) is 0.167. The highest BCUT2D eigenvalue weighted by atomic mass is 32.1. The zero-order chi connectivity index (χ0) is 11.5. The molecule has 1 fully saturated rings. The molecular formula is C11H14N2O2S. The van der Waals surface area contributed by atoms with Crippen LogP contribution in [0.1, 0.15) is 35.6 Å². The number of carbonyl (C=O) groups excluding carboxylic acids is 1. The van der Waals surface area contributed by atoms with E-state index >= 15 is 0 Å². The van der Waals surface area contributed by atoms with E-state index < -0.39 is 5.97 Å². The number of carbonyl (C=O) groups is 1. The fourth-order valence-corrected chi connectivity index (χ4v) is 2.35. The molecule has 0 bridgehead atoms. The second-order valence-electron chi connectivity index (χ2n) is 3.70. The maximum Gasteiger partial charge on any atom is 0.354 e. The molecule has 0 spiro atoms. The average molecular weight is 238 g/mol. The van der Waals surface area contributed by atoms with Gasteiger partial charge >= 0.3 is 5.97 Å². The lowest BCUT2D eigenvalue weighted by atomic mass is 10.4. The van der Waals surface area contributed by atoms with E-state index in [-0.39, 0.29) is 5.70 Å². The summed E-state index contributed by atoms with van der Waals surface area (Å²) in [5, 5.41) is 1.14. The number of aromatic nitrogens is 1. The van der Waals surface area contributed by atoms with Crippen LogP contribution in [-0.4, -0.2) is 17.6 Å². The zero-order valence-corrected chi connectivity index (χ0v) is 9.92. The molecule has 0 aromatic carbocycles. The second-order valence-corrected chi connectivity index (χ2v) is 4.79. The van der Waals surface area contributed by atoms with Crippen LogP contribution in [0, 0.1) is 0 Å². The van der Waals surface area contributed by atoms with Gasteiger partial charge in [0, 0.05) is 17.0 Å². The minimum Gasteiger partial charge on any atom is -0.461 e. The first kappa shape index (κ1) is 11.1. The molecule has 1 aromatic heterocycles. The molecule has 0 saturated heterocycles. The van der Waals surface area contributed by atoms with Gasteiger partial charge in [-0.3, -0.25) is 0 Å². The number of thiazole rings is 1. The smallest absolute Gasteiger partial charge is 0.354 e. The van der Waals surface area contributed by atoms with Crippen molar-refractivity contribution in [3.8, 4) is 0 Å². The molecule has 0 radical (unpaired) electrons. The predicted molar refractivity (Wildman–Crippen MR) is 62.9 cm³/mol. The van der Waals surface area contributed by atoms with E-state index in [9.17, 15) is 4.79 Å². The van der Waals surface area contributed by atoms with Crippen LogP contribution in [0.25, 0.3) is 6.08 Å². The van der Waals surface area contributed by atoms with Crippen molar-refractivity contribution in [1.29, 1.82) is 0 Å². The molecule has 1 aliphatic rings. The minimum absolute atomic E-state index is 0.132. The quantitative estimate of drug-likeness (QED) is 0.642. The highest BCUT2D eigenvalue weighted by Gasteiger charge is 2.26. The first-order valence-electron chi connectivity index (χ1n) is 5.30. The Morgan fingerprint density at radius 1 is 1.75 bits per heavy atom. The molecule has 86 valence electrons. The summed E-state index contributed by atoms with van der Waals surface area (Å²) < 4.78 is 4.79. The normalized spacial score (nSPS) is 16.2. The van der Waals surface area contributed by atoms with E-state index in [0.717, 1.165) is 9.88 Å². The van der Waals surface area contributed by atoms with Crippen molar-refractivity contribution in [3.05, 3.63) is 21.8 Å². The molecule has 16 heavy (non-hydrogen) atoms. The topological polar surface area (TPSA) is 65.2 Å². The Labute approximate surface area is 98.1 Å². The Balaban J connectivity index is 2.05. The standard InChI is InChI=1S/C11H14N2O2S/c1-2-15-11(14)9(12)5-8-6-13-10(16-8)7-3-4-7/h5-7H,2-4,12H2,1H3/b9-5+. The summed E-state index contributed by atoms with van der Waals surface area (Å²) in [6.45, 7) is 2.09. The summed E-state index contributed by atoms with van der Waals surface area (Å²) in [7, 11) is 0. The number of nitrogens with two attached hydrogens (primary N) is 1. The molecule has 2 N–H and O–H groups in total. The van der Waals surface area contributed by atoms with Crippen LogP contribution < -0.4 is 5.73 Å². The molecule has 2 rings (SSSR count). The van der Waals surface area contributed by atoms with Crippen LogP contribution in [0.4, 0.5) is 0 Å². The third kappa shape index (κ3) is 2.61. The molecule has 1 saturated carbocycles. The van der Waals surface area contributed by atoms with E-state index in [1.807, 2.05) is 0 Å². The van der Waals surface area contributed by atoms with Crippen LogP contribution in [0.15, 0.2) is 11.9 Å². The van der Waals surface area contributed by atoms with E-state index in [1.54, 1.807) is 30.5 Å². The first-order valence-corrected chi connectivity index (χ1v) is 6.12. The van der Waals surface area contributed by atoms with Crippen LogP contribution in [-0.2, 0) is 9.53 Å². The summed E-state index contributed by atoms with van der Waals surface area (Å²) in [4.78, 5) is 16.5. The molecule has 0 amide bonds. The zero-order valence-electron chi connectivity index (χ0n) is 9.10. The van der Waals surface area contributed by atoms with Gasteiger partial charge in [0.15, 0.2) is 0 Å². The number of rotatable bonds is 4. The van der Waals surface area contributed by atoms with Crippen molar-refractivity contribution in [2.45, 2.75) is 25.7 Å². The van der Waals surface area contributed by atoms with Crippen molar-refractivity contribution >= 4 is 23.4 Å². The molecule has 0 aliphatic heterocycles. The van der Waals surface area contributed by atoms with Gasteiger partial charge in [0.1, 0.15) is 5.70 Å². The second kappa shape index (κ2) is 4.65. The summed E-state index contributed by atoms with van der Waals surface area (Å²) in [5.41, 5.74) is 5.73. The van der Waals surface area contributed by atoms with Gasteiger partial charge in [0.05, 0.1) is 11.6 Å². The Morgan fingerprint density at radius 3 is 3.12 bits per heavy atom. The predicted octanol–water partition coefficient (Wildman–Crippen LogP) is 1.88. The lowest BCUT2D eigenvalue weighted by molar-refractivity contribution is -0.138. The number of hydrogen-bond donors (Lipinski definition) is 1. The number of ether oxygens (including phenoxy) is 1. The maximum absolute atomic E-state index is 11.3. The average Bonchev–Trinajstić information content (AvgIpc) is 3.01. The SMILES string of the molecule is CCOC(=O)/C(N)=C\c1cnc(C2CC2)s1. The fourth-order valence-electron chi connectivity index (χ4n) is 1.31. The summed E-state index contributed by atoms with van der Waals surface area (Å²) in [6.07, 6.45) is 5.83. The van der Waals surface area contributed by atoms with Crippen molar-refractivity contribution in [3.63, 3.8) is 0 Å². The first-order chi connectivity index (χ1) is 7.70. The van der Waals surface area contributed by atoms with Crippen LogP contribution in [0.2, 0.25) is 0 Å². The van der Waals surface area contributed by atoms with Gasteiger partial charge in [0.2, 0.25) is 0 Å². The molecule has 1 heterocycles. The third-order valence-corrected chi connectivity index (χ3v) is 3.38. The lowest BCUT2D eigenvalue weighted by Crippen LogP contribution is -2.14. The molecule has 1 aromatic rings. The van der Waals surface area contributed by atoms with Crippen molar-refractivity contribution < 1.29 is 9.53 Å². The van der Waals surface area contributed by atoms with Gasteiger partial charge in [-0.15, -0.1) is 11.3 Å². The number of esters is 1. The highest BCUT2D eigenvalue weighted by Crippen LogP contribution is 2.41. The largest absolute Gasteiger partial charge is 0.461 e. The molecule has 4 nitrogen and oxygen atoms in total. The van der Waals surface area contributed by atoms with Crippen molar-refractivity contribution in [2.24, 2.45) is 5.73 Å². The van der Waals surface area contributed by atoms with Gasteiger partial charge in [-0.1, -0.05) is 0 Å². The van der Waals surface area contributed by atoms with Crippen molar-refractivity contribution in [2.75, 3.05) is 6.61 Å². The summed E-state index contributed by atoms with van der Waals surface area (Å²) in [6, 6.07) is 0. The van der Waals surface area contributed by atoms with Crippen molar-refractivity contribution in [1.82, 2.24) is 4.98 Å². The number of nitrogens with zero attached hydrogens (tertiary/aromatic N) is 1. The van der Waals surface area contributed by atoms with Gasteiger partial charge in [-0.25, -0.2) is 9.78 Å². The van der Waals surface area contributed by atoms with E-state index in [0.29, 0.717) is 12.5 Å². The molecule has 1 aliphatic carbocycles. The Hall–Kier alpha value is -1.36. The Kier molecular flexibility index (Phi) is 3.24. The van der Waals surface area contributed by atoms with E-state index in [4.69, 9.17) is 10.5 Å². The van der Waals surface area contributed by atoms with Gasteiger partial charge in [-0.2, -0.15) is 0 Å². The third-order valence-electron chi connectivity index (χ3n) is 2.28. The van der Waals surface area contributed by atoms with Gasteiger partial charge in [0.25, 0.3) is 0 Å². The summed E-state index contributed by atoms with van der Waals surface area (Å²) >= 11 is 1.59. The minimum atomic E-state index is -0.469. The maximum atomic E-state index is 11.3. The van der Waals surface area contributed by atoms with E-state index in [1.165, 1.54) is 12.8 Å². The molecular weight excluding hydrogens is 224 g/mol. The molecule has 0 atom stereocenters. The highest BCUT2D eigenvalue weighted by molar-refractivity contribution is 7.12.